The van der Waals surface area contributed by atoms with Crippen molar-refractivity contribution in [2.75, 3.05) is 10.7 Å². The number of nitrogens with one attached hydrogen (secondary N) is 2. The number of hydrogen-bond acceptors (Lipinski definition) is 4. The Bertz CT molecular complexity index is 1080. The van der Waals surface area contributed by atoms with E-state index in [4.69, 9.17) is 4.42 Å². The molecule has 0 radical (unpaired) electrons. The summed E-state index contributed by atoms with van der Waals surface area (Å²) in [5.41, 5.74) is 9.89. The number of benzene rings is 2. The molecule has 0 saturated heterocycles. The number of furan rings is 1. The van der Waals surface area contributed by atoms with Crippen molar-refractivity contribution in [2.45, 2.75) is 40.0 Å². The van der Waals surface area contributed by atoms with E-state index in [9.17, 15) is 4.79 Å². The highest BCUT2D eigenvalue weighted by atomic mass is 16.4. The molecule has 0 unspecified atom stereocenters. The highest BCUT2D eigenvalue weighted by Gasteiger charge is 2.28. The van der Waals surface area contributed by atoms with Gasteiger partial charge in [0.25, 0.3) is 5.91 Å². The minimum Gasteiger partial charge on any atom is -0.455 e. The summed E-state index contributed by atoms with van der Waals surface area (Å²) in [7, 11) is 0. The predicted octanol–water partition coefficient (Wildman–Crippen LogP) is 5.61. The number of hydrogen-bond donors (Lipinski definition) is 2. The molecular formula is C24H25N3O2. The third kappa shape index (κ3) is 3.94. The second-order valence-electron chi connectivity index (χ2n) is 7.50. The van der Waals surface area contributed by atoms with Crippen molar-refractivity contribution in [3.05, 3.63) is 82.3 Å². The molecule has 0 bridgehead atoms. The lowest BCUT2D eigenvalue weighted by molar-refractivity contribution is 0.0994. The summed E-state index contributed by atoms with van der Waals surface area (Å²) in [6.07, 6.45) is 2.62. The molecule has 2 N–H and O–H groups in total. The number of para-hydroxylation sites is 1. The topological polar surface area (TPSA) is 66.6 Å². The fourth-order valence-corrected chi connectivity index (χ4v) is 3.65. The Morgan fingerprint density at radius 2 is 1.76 bits per heavy atom. The molecule has 0 atom stereocenters. The maximum Gasteiger partial charge on any atom is 0.291 e. The minimum atomic E-state index is -0.226. The molecule has 1 amide bonds. The lowest BCUT2D eigenvalue weighted by atomic mass is 9.93. The van der Waals surface area contributed by atoms with Crippen LogP contribution in [0, 0.1) is 20.8 Å². The van der Waals surface area contributed by atoms with Gasteiger partial charge in [-0.3, -0.25) is 10.2 Å². The summed E-state index contributed by atoms with van der Waals surface area (Å²) < 4.78 is 5.99. The molecule has 5 nitrogen and oxygen atoms in total. The summed E-state index contributed by atoms with van der Waals surface area (Å²) in [5.74, 6) is 0.977. The Morgan fingerprint density at radius 3 is 2.52 bits per heavy atom. The van der Waals surface area contributed by atoms with Crippen LogP contribution in [-0.2, 0) is 6.42 Å². The SMILES string of the molecule is Cc1ccc(NC(=O)c2oc3c(c2C)/C(=N/Nc2ccccc2)CCC3)cc1C. The van der Waals surface area contributed by atoms with E-state index in [0.717, 1.165) is 58.8 Å². The van der Waals surface area contributed by atoms with Gasteiger partial charge in [0.1, 0.15) is 5.76 Å². The van der Waals surface area contributed by atoms with Crippen molar-refractivity contribution >= 4 is 23.0 Å². The first-order chi connectivity index (χ1) is 14.0. The van der Waals surface area contributed by atoms with Crippen LogP contribution in [0.4, 0.5) is 11.4 Å². The molecule has 0 aliphatic heterocycles. The lowest BCUT2D eigenvalue weighted by Crippen LogP contribution is -2.14. The van der Waals surface area contributed by atoms with E-state index >= 15 is 0 Å². The van der Waals surface area contributed by atoms with Crippen molar-refractivity contribution < 1.29 is 9.21 Å². The molecule has 0 fully saturated rings. The summed E-state index contributed by atoms with van der Waals surface area (Å²) in [6.45, 7) is 6.02. The van der Waals surface area contributed by atoms with Crippen LogP contribution in [0.15, 0.2) is 58.0 Å². The normalized spacial score (nSPS) is 14.5. The third-order valence-electron chi connectivity index (χ3n) is 5.39. The fourth-order valence-electron chi connectivity index (χ4n) is 3.65. The maximum absolute atomic E-state index is 12.9. The van der Waals surface area contributed by atoms with Gasteiger partial charge in [-0.25, -0.2) is 0 Å². The molecular weight excluding hydrogens is 362 g/mol. The van der Waals surface area contributed by atoms with Crippen LogP contribution >= 0.6 is 0 Å². The third-order valence-corrected chi connectivity index (χ3v) is 5.39. The first kappa shape index (κ1) is 19.0. The average Bonchev–Trinajstić information content (AvgIpc) is 3.07. The maximum atomic E-state index is 12.9. The monoisotopic (exact) mass is 387 g/mol. The van der Waals surface area contributed by atoms with Crippen LogP contribution in [0.2, 0.25) is 0 Å². The number of fused-ring (bicyclic) bond motifs is 1. The van der Waals surface area contributed by atoms with E-state index in [0.29, 0.717) is 5.76 Å². The van der Waals surface area contributed by atoms with Gasteiger partial charge in [0, 0.05) is 23.2 Å². The van der Waals surface area contributed by atoms with Gasteiger partial charge in [-0.15, -0.1) is 0 Å². The van der Waals surface area contributed by atoms with Crippen LogP contribution in [0.1, 0.15) is 51.4 Å². The summed E-state index contributed by atoms with van der Waals surface area (Å²) >= 11 is 0. The van der Waals surface area contributed by atoms with Crippen molar-refractivity contribution in [3.63, 3.8) is 0 Å². The van der Waals surface area contributed by atoms with Crippen molar-refractivity contribution in [1.29, 1.82) is 0 Å². The molecule has 5 heteroatoms. The molecule has 3 aromatic rings. The number of nitrogens with zero attached hydrogens (tertiary/aromatic N) is 1. The van der Waals surface area contributed by atoms with E-state index in [1.54, 1.807) is 0 Å². The smallest absolute Gasteiger partial charge is 0.291 e. The van der Waals surface area contributed by atoms with Crippen LogP contribution in [-0.4, -0.2) is 11.6 Å². The quantitative estimate of drug-likeness (QED) is 0.572. The molecule has 0 saturated carbocycles. The van der Waals surface area contributed by atoms with E-state index in [2.05, 4.69) is 22.8 Å². The minimum absolute atomic E-state index is 0.226. The average molecular weight is 387 g/mol. The fraction of sp³-hybridized carbons (Fsp3) is 0.250. The van der Waals surface area contributed by atoms with E-state index < -0.39 is 0 Å². The highest BCUT2D eigenvalue weighted by Crippen LogP contribution is 2.30. The number of carbonyl (C=O) groups excluding carboxylic acids is 1. The Labute approximate surface area is 170 Å². The highest BCUT2D eigenvalue weighted by molar-refractivity contribution is 6.09. The van der Waals surface area contributed by atoms with Gasteiger partial charge >= 0.3 is 0 Å². The Kier molecular flexibility index (Phi) is 5.21. The molecule has 1 aliphatic carbocycles. The van der Waals surface area contributed by atoms with Gasteiger partial charge in [0.05, 0.1) is 11.4 Å². The molecule has 29 heavy (non-hydrogen) atoms. The molecule has 1 heterocycles. The standard InChI is InChI=1S/C24H25N3O2/c1-15-12-13-19(14-16(15)2)25-24(28)23-17(3)22-20(10-7-11-21(22)29-23)27-26-18-8-5-4-6-9-18/h4-6,8-9,12-14,26H,7,10-11H2,1-3H3,(H,25,28)/b27-20+. The number of anilines is 2. The van der Waals surface area contributed by atoms with Gasteiger partial charge in [0.2, 0.25) is 0 Å². The van der Waals surface area contributed by atoms with Crippen molar-refractivity contribution in [2.24, 2.45) is 5.10 Å². The van der Waals surface area contributed by atoms with Gasteiger partial charge in [-0.1, -0.05) is 24.3 Å². The molecule has 4 rings (SSSR count). The van der Waals surface area contributed by atoms with E-state index in [1.807, 2.05) is 62.4 Å². The van der Waals surface area contributed by atoms with Crippen molar-refractivity contribution in [3.8, 4) is 0 Å². The van der Waals surface area contributed by atoms with E-state index in [-0.39, 0.29) is 5.91 Å². The molecule has 1 aromatic heterocycles. The number of carbonyl (C=O) groups is 1. The Balaban J connectivity index is 1.60. The molecule has 148 valence electrons. The van der Waals surface area contributed by atoms with E-state index in [1.165, 1.54) is 5.56 Å². The largest absolute Gasteiger partial charge is 0.455 e. The molecule has 2 aromatic carbocycles. The van der Waals surface area contributed by atoms with Gasteiger partial charge in [0.15, 0.2) is 5.76 Å². The van der Waals surface area contributed by atoms with Gasteiger partial charge in [-0.2, -0.15) is 5.10 Å². The second kappa shape index (κ2) is 7.95. The zero-order chi connectivity index (χ0) is 20.4. The summed E-state index contributed by atoms with van der Waals surface area (Å²) in [6, 6.07) is 15.7. The molecule has 1 aliphatic rings. The zero-order valence-corrected chi connectivity index (χ0v) is 17.0. The van der Waals surface area contributed by atoms with Crippen LogP contribution in [0.3, 0.4) is 0 Å². The Morgan fingerprint density at radius 1 is 0.966 bits per heavy atom. The number of hydrazone groups is 1. The predicted molar refractivity (Wildman–Crippen MR) is 117 cm³/mol. The number of amides is 1. The second-order valence-corrected chi connectivity index (χ2v) is 7.50. The first-order valence-electron chi connectivity index (χ1n) is 9.92. The van der Waals surface area contributed by atoms with Crippen LogP contribution < -0.4 is 10.7 Å². The Hall–Kier alpha value is -3.34. The van der Waals surface area contributed by atoms with Crippen LogP contribution in [0.5, 0.6) is 0 Å². The number of rotatable bonds is 4. The van der Waals surface area contributed by atoms with Gasteiger partial charge < -0.3 is 9.73 Å². The number of aryl methyl sites for hydroxylation is 3. The molecule has 0 spiro atoms. The van der Waals surface area contributed by atoms with Crippen LogP contribution in [0.25, 0.3) is 0 Å². The summed E-state index contributed by atoms with van der Waals surface area (Å²) in [5, 5.41) is 7.57. The zero-order valence-electron chi connectivity index (χ0n) is 17.0. The lowest BCUT2D eigenvalue weighted by Gasteiger charge is -2.13. The first-order valence-corrected chi connectivity index (χ1v) is 9.92. The van der Waals surface area contributed by atoms with Crippen molar-refractivity contribution in [1.82, 2.24) is 0 Å². The summed E-state index contributed by atoms with van der Waals surface area (Å²) in [4.78, 5) is 12.9. The van der Waals surface area contributed by atoms with Gasteiger partial charge in [-0.05, 0) is 69.0 Å².